The van der Waals surface area contributed by atoms with Gasteiger partial charge in [-0.05, 0) is 49.4 Å². The molecule has 0 spiro atoms. The first-order valence-corrected chi connectivity index (χ1v) is 5.42. The molecule has 0 radical (unpaired) electrons. The molecule has 56 valence electrons. The minimum Gasteiger partial charge on any atom is -0.0887 e. The maximum atomic E-state index is 3.75. The second-order valence-corrected chi connectivity index (χ2v) is 5.49. The van der Waals surface area contributed by atoms with Gasteiger partial charge >= 0.3 is 0 Å². The van der Waals surface area contributed by atoms with E-state index in [9.17, 15) is 0 Å². The summed E-state index contributed by atoms with van der Waals surface area (Å²) in [4.78, 5) is 0.906. The fourth-order valence-corrected chi connectivity index (χ4v) is 4.34. The molecule has 5 unspecified atom stereocenters. The van der Waals surface area contributed by atoms with Crippen molar-refractivity contribution in [2.45, 2.75) is 30.5 Å². The third-order valence-electron chi connectivity index (χ3n) is 4.11. The number of fused-ring (bicyclic) bond motifs is 3. The zero-order valence-corrected chi connectivity index (χ0v) is 7.68. The number of hydrogen-bond acceptors (Lipinski definition) is 0. The molecule has 1 heteroatoms. The molecule has 3 fully saturated rings. The quantitative estimate of drug-likeness (QED) is 0.528. The molecule has 0 N–H and O–H groups in total. The van der Waals surface area contributed by atoms with Gasteiger partial charge in [-0.25, -0.2) is 0 Å². The van der Waals surface area contributed by atoms with Crippen molar-refractivity contribution in [3.8, 4) is 0 Å². The molecule has 3 aliphatic rings. The van der Waals surface area contributed by atoms with Crippen molar-refractivity contribution in [1.29, 1.82) is 0 Å². The normalized spacial score (nSPS) is 63.9. The first-order chi connectivity index (χ1) is 4.86. The van der Waals surface area contributed by atoms with Gasteiger partial charge in [0.2, 0.25) is 0 Å². The molecule has 5 atom stereocenters. The van der Waals surface area contributed by atoms with E-state index in [2.05, 4.69) is 15.9 Å². The van der Waals surface area contributed by atoms with Crippen LogP contribution in [0.1, 0.15) is 25.7 Å². The Morgan fingerprint density at radius 1 is 0.900 bits per heavy atom. The van der Waals surface area contributed by atoms with Gasteiger partial charge in [-0.1, -0.05) is 15.9 Å². The summed E-state index contributed by atoms with van der Waals surface area (Å²) >= 11 is 3.75. The molecule has 0 aliphatic heterocycles. The van der Waals surface area contributed by atoms with E-state index in [0.29, 0.717) is 0 Å². The third-order valence-corrected chi connectivity index (χ3v) is 5.17. The van der Waals surface area contributed by atoms with Crippen LogP contribution in [0.2, 0.25) is 0 Å². The fraction of sp³-hybridized carbons (Fsp3) is 1.00. The lowest BCUT2D eigenvalue weighted by Gasteiger charge is -2.42. The molecule has 0 amide bonds. The predicted octanol–water partition coefficient (Wildman–Crippen LogP) is 2.82. The highest BCUT2D eigenvalue weighted by atomic mass is 79.9. The lowest BCUT2D eigenvalue weighted by molar-refractivity contribution is 0.123. The van der Waals surface area contributed by atoms with Crippen LogP contribution < -0.4 is 0 Å². The molecule has 0 saturated heterocycles. The van der Waals surface area contributed by atoms with Crippen molar-refractivity contribution in [2.75, 3.05) is 0 Å². The van der Waals surface area contributed by atoms with Crippen LogP contribution in [-0.4, -0.2) is 4.83 Å². The fourth-order valence-electron chi connectivity index (χ4n) is 3.30. The lowest BCUT2D eigenvalue weighted by atomic mass is 9.67. The van der Waals surface area contributed by atoms with Gasteiger partial charge in [0.05, 0.1) is 0 Å². The van der Waals surface area contributed by atoms with Gasteiger partial charge in [-0.3, -0.25) is 0 Å². The van der Waals surface area contributed by atoms with E-state index in [4.69, 9.17) is 0 Å². The molecule has 3 rings (SSSR count). The third kappa shape index (κ3) is 0.546. The topological polar surface area (TPSA) is 0 Å². The van der Waals surface area contributed by atoms with Crippen LogP contribution >= 0.6 is 15.9 Å². The highest BCUT2D eigenvalue weighted by Gasteiger charge is 2.55. The van der Waals surface area contributed by atoms with Crippen LogP contribution in [0.5, 0.6) is 0 Å². The largest absolute Gasteiger partial charge is 0.0887 e. The highest BCUT2D eigenvalue weighted by Crippen LogP contribution is 2.62. The molecule has 0 heterocycles. The number of alkyl halides is 1. The summed E-state index contributed by atoms with van der Waals surface area (Å²) in [6.07, 6.45) is 6.17. The summed E-state index contributed by atoms with van der Waals surface area (Å²) in [5, 5.41) is 0. The standard InChI is InChI=1S/C9H13Br/c10-9-4-7-6-2-1-5(6)3-8(7)9/h5-9H,1-4H2. The minimum absolute atomic E-state index is 0.906. The Balaban J connectivity index is 1.82. The van der Waals surface area contributed by atoms with Crippen LogP contribution in [0, 0.1) is 23.7 Å². The van der Waals surface area contributed by atoms with Crippen LogP contribution in [0.15, 0.2) is 0 Å². The molecule has 10 heavy (non-hydrogen) atoms. The monoisotopic (exact) mass is 200 g/mol. The molecule has 0 bridgehead atoms. The molecule has 0 aromatic carbocycles. The Morgan fingerprint density at radius 2 is 1.80 bits per heavy atom. The SMILES string of the molecule is BrC1CC2C1CC1CCC12. The van der Waals surface area contributed by atoms with E-state index in [1.165, 1.54) is 12.3 Å². The average molecular weight is 201 g/mol. The summed E-state index contributed by atoms with van der Waals surface area (Å²) in [6.45, 7) is 0. The molecular weight excluding hydrogens is 188 g/mol. The van der Waals surface area contributed by atoms with Crippen molar-refractivity contribution in [1.82, 2.24) is 0 Å². The molecule has 3 aliphatic carbocycles. The summed E-state index contributed by atoms with van der Waals surface area (Å²) in [7, 11) is 0. The molecule has 0 aromatic rings. The van der Waals surface area contributed by atoms with Gasteiger partial charge in [0.15, 0.2) is 0 Å². The first-order valence-electron chi connectivity index (χ1n) is 4.50. The second-order valence-electron chi connectivity index (χ2n) is 4.32. The molecule has 0 nitrogen and oxygen atoms in total. The zero-order chi connectivity index (χ0) is 6.72. The highest BCUT2D eigenvalue weighted by molar-refractivity contribution is 9.09. The number of hydrogen-bond donors (Lipinski definition) is 0. The number of halogens is 1. The molecule has 3 saturated carbocycles. The summed E-state index contributed by atoms with van der Waals surface area (Å²) in [5.74, 6) is 4.59. The number of rotatable bonds is 0. The Labute approximate surface area is 70.5 Å². The smallest absolute Gasteiger partial charge is 0.0179 e. The van der Waals surface area contributed by atoms with E-state index >= 15 is 0 Å². The van der Waals surface area contributed by atoms with Gasteiger partial charge in [0.1, 0.15) is 0 Å². The first kappa shape index (κ1) is 6.05. The molecule has 0 aromatic heterocycles. The Kier molecular flexibility index (Phi) is 1.09. The summed E-state index contributed by atoms with van der Waals surface area (Å²) < 4.78 is 0. The maximum Gasteiger partial charge on any atom is 0.0179 e. The Morgan fingerprint density at radius 3 is 2.30 bits per heavy atom. The van der Waals surface area contributed by atoms with Crippen molar-refractivity contribution < 1.29 is 0 Å². The van der Waals surface area contributed by atoms with Crippen molar-refractivity contribution in [3.05, 3.63) is 0 Å². The lowest BCUT2D eigenvalue weighted by Crippen LogP contribution is -2.37. The minimum atomic E-state index is 0.906. The Bertz CT molecular complexity index is 166. The second kappa shape index (κ2) is 1.80. The van der Waals surface area contributed by atoms with E-state index in [0.717, 1.165) is 22.6 Å². The molecular formula is C9H13Br. The van der Waals surface area contributed by atoms with Crippen LogP contribution in [0.4, 0.5) is 0 Å². The van der Waals surface area contributed by atoms with Crippen LogP contribution in [-0.2, 0) is 0 Å². The van der Waals surface area contributed by atoms with Gasteiger partial charge in [0, 0.05) is 4.83 Å². The Hall–Kier alpha value is 0.480. The van der Waals surface area contributed by atoms with E-state index in [1.54, 1.807) is 19.3 Å². The predicted molar refractivity (Wildman–Crippen MR) is 45.1 cm³/mol. The summed E-state index contributed by atoms with van der Waals surface area (Å²) in [6, 6.07) is 0. The van der Waals surface area contributed by atoms with Gasteiger partial charge in [-0.2, -0.15) is 0 Å². The van der Waals surface area contributed by atoms with Gasteiger partial charge in [-0.15, -0.1) is 0 Å². The van der Waals surface area contributed by atoms with Gasteiger partial charge in [0.25, 0.3) is 0 Å². The summed E-state index contributed by atoms with van der Waals surface area (Å²) in [5.41, 5.74) is 0. The van der Waals surface area contributed by atoms with Crippen LogP contribution in [0.25, 0.3) is 0 Å². The van der Waals surface area contributed by atoms with E-state index < -0.39 is 0 Å². The van der Waals surface area contributed by atoms with Crippen molar-refractivity contribution >= 4 is 15.9 Å². The van der Waals surface area contributed by atoms with Crippen molar-refractivity contribution in [2.24, 2.45) is 23.7 Å². The average Bonchev–Trinajstić information content (AvgIpc) is 2.01. The van der Waals surface area contributed by atoms with E-state index in [-0.39, 0.29) is 0 Å². The van der Waals surface area contributed by atoms with Crippen LogP contribution in [0.3, 0.4) is 0 Å². The zero-order valence-electron chi connectivity index (χ0n) is 6.09. The maximum absolute atomic E-state index is 3.75. The van der Waals surface area contributed by atoms with Crippen molar-refractivity contribution in [3.63, 3.8) is 0 Å². The van der Waals surface area contributed by atoms with Gasteiger partial charge < -0.3 is 0 Å². The van der Waals surface area contributed by atoms with E-state index in [1.807, 2.05) is 0 Å².